The van der Waals surface area contributed by atoms with Crippen molar-refractivity contribution < 1.29 is 24.9 Å². The molecule has 3 aliphatic rings. The lowest BCUT2D eigenvalue weighted by atomic mass is 9.53. The van der Waals surface area contributed by atoms with E-state index in [1.165, 1.54) is 5.56 Å². The monoisotopic (exact) mass is 516 g/mol. The second kappa shape index (κ2) is 12.0. The van der Waals surface area contributed by atoms with E-state index in [1.807, 2.05) is 23.1 Å². The van der Waals surface area contributed by atoms with Crippen molar-refractivity contribution in [3.63, 3.8) is 0 Å². The number of rotatable bonds is 8. The van der Waals surface area contributed by atoms with Crippen molar-refractivity contribution in [2.45, 2.75) is 49.5 Å². The number of aliphatic hydroxyl groups excluding tert-OH is 1. The first-order valence-corrected chi connectivity index (χ1v) is 13.3. The number of nitrogens with zero attached hydrogens (tertiary/aromatic N) is 2. The van der Waals surface area contributed by atoms with E-state index in [-0.39, 0.29) is 29.6 Å². The molecule has 3 atom stereocenters. The molecule has 1 aromatic rings. The first kappa shape index (κ1) is 27.0. The van der Waals surface area contributed by atoms with Gasteiger partial charge >= 0.3 is 0 Å². The van der Waals surface area contributed by atoms with E-state index in [0.29, 0.717) is 45.6 Å². The molecule has 0 spiro atoms. The van der Waals surface area contributed by atoms with Gasteiger partial charge in [-0.1, -0.05) is 18.1 Å². The second-order valence-electron chi connectivity index (χ2n) is 10.3. The summed E-state index contributed by atoms with van der Waals surface area (Å²) in [5, 5.41) is 32.2. The van der Waals surface area contributed by atoms with Crippen LogP contribution in [-0.4, -0.2) is 89.2 Å². The first-order chi connectivity index (χ1) is 17.4. The second-order valence-corrected chi connectivity index (χ2v) is 10.5. The number of aromatic hydroxyl groups is 1. The molecule has 1 heterocycles. The maximum atomic E-state index is 12.9. The lowest BCUT2D eigenvalue weighted by Gasteiger charge is -2.52. The van der Waals surface area contributed by atoms with Crippen LogP contribution in [0.15, 0.2) is 30.4 Å². The summed E-state index contributed by atoms with van der Waals surface area (Å²) in [5.74, 6) is 3.32. The molecule has 0 aromatic heterocycles. The Morgan fingerprint density at radius 2 is 2.03 bits per heavy atom. The van der Waals surface area contributed by atoms with Crippen LogP contribution in [-0.2, 0) is 21.4 Å². The highest BCUT2D eigenvalue weighted by Gasteiger charge is 2.50. The van der Waals surface area contributed by atoms with Gasteiger partial charge in [-0.25, -0.2) is 0 Å². The van der Waals surface area contributed by atoms with Gasteiger partial charge in [0.05, 0.1) is 19.8 Å². The summed E-state index contributed by atoms with van der Waals surface area (Å²) in [4.78, 5) is 17.1. The highest BCUT2D eigenvalue weighted by Crippen LogP contribution is 2.55. The number of fused-ring (bicyclic) bond motifs is 3. The van der Waals surface area contributed by atoms with Crippen LogP contribution in [0.4, 0.5) is 0 Å². The number of carbonyl (C=O) groups excluding carboxylic acids is 1. The van der Waals surface area contributed by atoms with Crippen molar-refractivity contribution in [2.75, 3.05) is 52.5 Å². The third-order valence-electron chi connectivity index (χ3n) is 8.23. The average molecular weight is 517 g/mol. The molecule has 2 aliphatic carbocycles. The average Bonchev–Trinajstić information content (AvgIpc) is 2.87. The van der Waals surface area contributed by atoms with Crippen molar-refractivity contribution in [3.8, 4) is 17.0 Å². The number of hydrogen-bond donors (Lipinski definition) is 3. The SMILES string of the molecule is O=C(C=CC[C@]12CC[C@@](O)(C#CCl)C[C@@H]1CCc1cc(O)ccc12)N1CCN(CCOCCO)CC1. The van der Waals surface area contributed by atoms with Gasteiger partial charge in [0.2, 0.25) is 5.91 Å². The molecule has 7 nitrogen and oxygen atoms in total. The molecule has 1 aromatic carbocycles. The van der Waals surface area contributed by atoms with Crippen LogP contribution in [0.25, 0.3) is 0 Å². The number of hydrogen-bond acceptors (Lipinski definition) is 6. The summed E-state index contributed by atoms with van der Waals surface area (Å²) in [6.45, 7) is 4.77. The number of phenolic OH excluding ortho intramolecular Hbond substituents is 1. The lowest BCUT2D eigenvalue weighted by Crippen LogP contribution is -2.49. The molecule has 1 amide bonds. The number of piperazine rings is 1. The van der Waals surface area contributed by atoms with Gasteiger partial charge in [-0.2, -0.15) is 0 Å². The van der Waals surface area contributed by atoms with Crippen LogP contribution in [0.1, 0.15) is 43.2 Å². The van der Waals surface area contributed by atoms with E-state index in [2.05, 4.69) is 16.2 Å². The Labute approximate surface area is 218 Å². The minimum absolute atomic E-state index is 0.0289. The molecule has 8 heteroatoms. The number of benzene rings is 1. The summed E-state index contributed by atoms with van der Waals surface area (Å²) in [7, 11) is 0. The number of amides is 1. The van der Waals surface area contributed by atoms with Gasteiger partial charge in [0.1, 0.15) is 11.4 Å². The third-order valence-corrected chi connectivity index (χ3v) is 8.33. The number of phenols is 1. The van der Waals surface area contributed by atoms with Gasteiger partial charge in [-0.3, -0.25) is 9.69 Å². The van der Waals surface area contributed by atoms with Gasteiger partial charge in [-0.15, -0.1) is 0 Å². The molecular weight excluding hydrogens is 480 g/mol. The van der Waals surface area contributed by atoms with Crippen LogP contribution in [0.5, 0.6) is 5.75 Å². The van der Waals surface area contributed by atoms with E-state index in [1.54, 1.807) is 12.1 Å². The highest BCUT2D eigenvalue weighted by molar-refractivity contribution is 6.30. The zero-order chi connectivity index (χ0) is 25.6. The van der Waals surface area contributed by atoms with Crippen LogP contribution >= 0.6 is 11.6 Å². The van der Waals surface area contributed by atoms with Crippen molar-refractivity contribution in [1.82, 2.24) is 9.80 Å². The van der Waals surface area contributed by atoms with Crippen LogP contribution < -0.4 is 0 Å². The Bertz CT molecular complexity index is 1010. The van der Waals surface area contributed by atoms with Gasteiger partial charge in [0.25, 0.3) is 0 Å². The maximum absolute atomic E-state index is 12.9. The summed E-state index contributed by atoms with van der Waals surface area (Å²) >= 11 is 5.65. The fraction of sp³-hybridized carbons (Fsp3) is 0.607. The fourth-order valence-corrected chi connectivity index (χ4v) is 6.46. The van der Waals surface area contributed by atoms with E-state index < -0.39 is 5.60 Å². The first-order valence-electron chi connectivity index (χ1n) is 12.9. The number of aryl methyl sites for hydroxylation is 1. The predicted molar refractivity (Wildman–Crippen MR) is 139 cm³/mol. The minimum Gasteiger partial charge on any atom is -0.508 e. The summed E-state index contributed by atoms with van der Waals surface area (Å²) in [6.07, 6.45) is 7.98. The fourth-order valence-electron chi connectivity index (χ4n) is 6.28. The summed E-state index contributed by atoms with van der Waals surface area (Å²) in [5.41, 5.74) is 1.09. The van der Waals surface area contributed by atoms with Crippen molar-refractivity contribution in [2.24, 2.45) is 5.92 Å². The minimum atomic E-state index is -1.08. The Kier molecular flexibility index (Phi) is 8.97. The third kappa shape index (κ3) is 6.07. The van der Waals surface area contributed by atoms with E-state index >= 15 is 0 Å². The molecule has 3 N–H and O–H groups in total. The van der Waals surface area contributed by atoms with Gasteiger partial charge in [-0.05, 0) is 85.4 Å². The smallest absolute Gasteiger partial charge is 0.246 e. The molecular formula is C28H37ClN2O5. The quantitative estimate of drug-likeness (QED) is 0.279. The number of halogens is 1. The van der Waals surface area contributed by atoms with E-state index in [4.69, 9.17) is 21.4 Å². The predicted octanol–water partition coefficient (Wildman–Crippen LogP) is 2.41. The largest absolute Gasteiger partial charge is 0.508 e. The number of carbonyl (C=O) groups is 1. The van der Waals surface area contributed by atoms with Crippen LogP contribution in [0.3, 0.4) is 0 Å². The van der Waals surface area contributed by atoms with E-state index in [9.17, 15) is 15.0 Å². The molecule has 0 unspecified atom stereocenters. The summed E-state index contributed by atoms with van der Waals surface area (Å²) < 4.78 is 5.34. The molecule has 1 saturated carbocycles. The van der Waals surface area contributed by atoms with Crippen LogP contribution in [0, 0.1) is 17.2 Å². The Balaban J connectivity index is 1.41. The van der Waals surface area contributed by atoms with Crippen molar-refractivity contribution >= 4 is 17.5 Å². The molecule has 36 heavy (non-hydrogen) atoms. The molecule has 0 bridgehead atoms. The van der Waals surface area contributed by atoms with Crippen molar-refractivity contribution in [1.29, 1.82) is 0 Å². The van der Waals surface area contributed by atoms with Gasteiger partial charge in [0.15, 0.2) is 0 Å². The lowest BCUT2D eigenvalue weighted by molar-refractivity contribution is -0.127. The Hall–Kier alpha value is -2.08. The van der Waals surface area contributed by atoms with E-state index in [0.717, 1.165) is 44.5 Å². The molecule has 0 radical (unpaired) electrons. The number of aliphatic hydroxyl groups is 2. The molecule has 196 valence electrons. The zero-order valence-corrected chi connectivity index (χ0v) is 21.6. The molecule has 1 saturated heterocycles. The zero-order valence-electron chi connectivity index (χ0n) is 20.8. The topological polar surface area (TPSA) is 93.5 Å². The maximum Gasteiger partial charge on any atom is 0.246 e. The summed E-state index contributed by atoms with van der Waals surface area (Å²) in [6, 6.07) is 5.62. The number of ether oxygens (including phenoxy) is 1. The molecule has 4 rings (SSSR count). The van der Waals surface area contributed by atoms with Gasteiger partial charge in [0, 0.05) is 43.5 Å². The van der Waals surface area contributed by atoms with Crippen LogP contribution in [0.2, 0.25) is 0 Å². The van der Waals surface area contributed by atoms with Gasteiger partial charge < -0.3 is 25.0 Å². The normalized spacial score (nSPS) is 28.3. The highest BCUT2D eigenvalue weighted by atomic mass is 35.5. The number of allylic oxidation sites excluding steroid dienone is 1. The molecule has 2 fully saturated rings. The molecule has 1 aliphatic heterocycles. The Morgan fingerprint density at radius 1 is 1.22 bits per heavy atom. The Morgan fingerprint density at radius 3 is 2.78 bits per heavy atom. The van der Waals surface area contributed by atoms with Crippen molar-refractivity contribution in [3.05, 3.63) is 41.5 Å². The standard InChI is InChI=1S/C28H37ClN2O5/c29-11-10-27(35)8-9-28(23(21-27)4-3-22-20-24(33)5-6-25(22)28)7-1-2-26(34)31-14-12-30(13-15-31)16-18-36-19-17-32/h1-2,5-6,20,23,32-33,35H,3-4,7-9,12-19,21H2/t23-,27+,28-/m0/s1.